The third kappa shape index (κ3) is 2.51. The lowest BCUT2D eigenvalue weighted by Crippen LogP contribution is -2.48. The third-order valence-corrected chi connectivity index (χ3v) is 2.88. The molecule has 0 N–H and O–H groups in total. The van der Waals surface area contributed by atoms with Crippen molar-refractivity contribution >= 4 is 5.91 Å². The maximum atomic E-state index is 13.5. The molecule has 1 aliphatic heterocycles. The monoisotopic (exact) mass is 255 g/mol. The molecule has 2 atom stereocenters. The van der Waals surface area contributed by atoms with Crippen molar-refractivity contribution in [3.63, 3.8) is 0 Å². The maximum absolute atomic E-state index is 13.5. The SMILES string of the molecule is C[C@@H]1CN(C(=O)c2c(F)cccc2F)C[C@@H](C)O1. The first-order valence-electron chi connectivity index (χ1n) is 5.87. The van der Waals surface area contributed by atoms with Gasteiger partial charge in [-0.1, -0.05) is 6.07 Å². The molecule has 2 rings (SSSR count). The zero-order chi connectivity index (χ0) is 13.3. The van der Waals surface area contributed by atoms with Gasteiger partial charge in [-0.25, -0.2) is 8.78 Å². The lowest BCUT2D eigenvalue weighted by molar-refractivity contribution is -0.0588. The van der Waals surface area contributed by atoms with Crippen LogP contribution in [0.3, 0.4) is 0 Å². The summed E-state index contributed by atoms with van der Waals surface area (Å²) in [7, 11) is 0. The molecule has 1 saturated heterocycles. The number of rotatable bonds is 1. The van der Waals surface area contributed by atoms with Crippen LogP contribution in [0.4, 0.5) is 8.78 Å². The van der Waals surface area contributed by atoms with Gasteiger partial charge in [0.1, 0.15) is 17.2 Å². The van der Waals surface area contributed by atoms with Crippen LogP contribution >= 0.6 is 0 Å². The average Bonchev–Trinajstić information content (AvgIpc) is 2.27. The summed E-state index contributed by atoms with van der Waals surface area (Å²) in [6.07, 6.45) is -0.264. The predicted molar refractivity (Wildman–Crippen MR) is 62.3 cm³/mol. The van der Waals surface area contributed by atoms with E-state index in [0.717, 1.165) is 12.1 Å². The van der Waals surface area contributed by atoms with Crippen LogP contribution in [0.25, 0.3) is 0 Å². The molecule has 1 heterocycles. The Morgan fingerprint density at radius 2 is 1.72 bits per heavy atom. The van der Waals surface area contributed by atoms with E-state index in [1.54, 1.807) is 0 Å². The van der Waals surface area contributed by atoms with E-state index in [1.807, 2.05) is 13.8 Å². The lowest BCUT2D eigenvalue weighted by Gasteiger charge is -2.35. The fourth-order valence-electron chi connectivity index (χ4n) is 2.20. The highest BCUT2D eigenvalue weighted by Gasteiger charge is 2.29. The van der Waals surface area contributed by atoms with Crippen LogP contribution in [0.2, 0.25) is 0 Å². The molecular weight excluding hydrogens is 240 g/mol. The second kappa shape index (κ2) is 5.02. The van der Waals surface area contributed by atoms with Crippen molar-refractivity contribution < 1.29 is 18.3 Å². The van der Waals surface area contributed by atoms with Gasteiger partial charge < -0.3 is 9.64 Å². The quantitative estimate of drug-likeness (QED) is 0.770. The van der Waals surface area contributed by atoms with Crippen LogP contribution < -0.4 is 0 Å². The van der Waals surface area contributed by atoms with Crippen LogP contribution in [0.1, 0.15) is 24.2 Å². The highest BCUT2D eigenvalue weighted by molar-refractivity contribution is 5.94. The van der Waals surface area contributed by atoms with Crippen molar-refractivity contribution in [1.82, 2.24) is 4.90 Å². The Morgan fingerprint density at radius 3 is 2.22 bits per heavy atom. The van der Waals surface area contributed by atoms with Crippen molar-refractivity contribution in [2.24, 2.45) is 0 Å². The molecule has 1 aromatic rings. The number of amides is 1. The second-order valence-electron chi connectivity index (χ2n) is 4.56. The molecule has 0 bridgehead atoms. The van der Waals surface area contributed by atoms with Gasteiger partial charge in [0, 0.05) is 13.1 Å². The summed E-state index contributed by atoms with van der Waals surface area (Å²) in [6, 6.07) is 3.42. The van der Waals surface area contributed by atoms with Crippen molar-refractivity contribution in [1.29, 1.82) is 0 Å². The molecule has 1 aliphatic rings. The van der Waals surface area contributed by atoms with E-state index < -0.39 is 23.1 Å². The lowest BCUT2D eigenvalue weighted by atomic mass is 10.1. The molecule has 0 aromatic heterocycles. The largest absolute Gasteiger partial charge is 0.372 e. The van der Waals surface area contributed by atoms with Gasteiger partial charge in [0.2, 0.25) is 0 Å². The summed E-state index contributed by atoms with van der Waals surface area (Å²) in [5, 5.41) is 0. The molecule has 98 valence electrons. The zero-order valence-electron chi connectivity index (χ0n) is 10.3. The van der Waals surface area contributed by atoms with E-state index in [-0.39, 0.29) is 12.2 Å². The number of hydrogen-bond acceptors (Lipinski definition) is 2. The molecule has 0 aliphatic carbocycles. The molecule has 0 spiro atoms. The summed E-state index contributed by atoms with van der Waals surface area (Å²) in [6.45, 7) is 4.34. The Kier molecular flexibility index (Phi) is 3.61. The number of hydrogen-bond donors (Lipinski definition) is 0. The Balaban J connectivity index is 2.26. The number of nitrogens with zero attached hydrogens (tertiary/aromatic N) is 1. The third-order valence-electron chi connectivity index (χ3n) is 2.88. The van der Waals surface area contributed by atoms with Crippen LogP contribution in [0.5, 0.6) is 0 Å². The fourth-order valence-corrected chi connectivity index (χ4v) is 2.20. The first-order valence-corrected chi connectivity index (χ1v) is 5.87. The molecule has 0 radical (unpaired) electrons. The number of carbonyl (C=O) groups is 1. The van der Waals surface area contributed by atoms with E-state index in [2.05, 4.69) is 0 Å². The molecule has 3 nitrogen and oxygen atoms in total. The van der Waals surface area contributed by atoms with E-state index in [4.69, 9.17) is 4.74 Å². The Bertz CT molecular complexity index is 434. The molecule has 18 heavy (non-hydrogen) atoms. The number of benzene rings is 1. The normalized spacial score (nSPS) is 24.1. The van der Waals surface area contributed by atoms with Crippen molar-refractivity contribution in [3.05, 3.63) is 35.4 Å². The summed E-state index contributed by atoms with van der Waals surface area (Å²) >= 11 is 0. The first-order chi connectivity index (χ1) is 8.49. The van der Waals surface area contributed by atoms with Crippen molar-refractivity contribution in [3.8, 4) is 0 Å². The standard InChI is InChI=1S/C13H15F2NO2/c1-8-6-16(7-9(2)18-8)13(17)12-10(14)4-3-5-11(12)15/h3-5,8-9H,6-7H2,1-2H3/t8-,9-/m1/s1. The topological polar surface area (TPSA) is 29.5 Å². The molecule has 0 unspecified atom stereocenters. The smallest absolute Gasteiger partial charge is 0.260 e. The Hall–Kier alpha value is -1.49. The number of carbonyl (C=O) groups excluding carboxylic acids is 1. The summed E-state index contributed by atoms with van der Waals surface area (Å²) in [4.78, 5) is 13.6. The maximum Gasteiger partial charge on any atom is 0.260 e. The van der Waals surface area contributed by atoms with Gasteiger partial charge in [0.25, 0.3) is 5.91 Å². The fraction of sp³-hybridized carbons (Fsp3) is 0.462. The van der Waals surface area contributed by atoms with Gasteiger partial charge in [-0.2, -0.15) is 0 Å². The highest BCUT2D eigenvalue weighted by Crippen LogP contribution is 2.18. The van der Waals surface area contributed by atoms with Gasteiger partial charge in [-0.15, -0.1) is 0 Å². The number of halogens is 2. The minimum atomic E-state index is -0.827. The number of morpholine rings is 1. The molecule has 5 heteroatoms. The average molecular weight is 255 g/mol. The minimum absolute atomic E-state index is 0.132. The minimum Gasteiger partial charge on any atom is -0.372 e. The molecular formula is C13H15F2NO2. The predicted octanol–water partition coefficient (Wildman–Crippen LogP) is 2.21. The van der Waals surface area contributed by atoms with Gasteiger partial charge in [-0.05, 0) is 26.0 Å². The number of ether oxygens (including phenoxy) is 1. The van der Waals surface area contributed by atoms with Crippen molar-refractivity contribution in [2.75, 3.05) is 13.1 Å². The van der Waals surface area contributed by atoms with E-state index in [9.17, 15) is 13.6 Å². The van der Waals surface area contributed by atoms with E-state index in [1.165, 1.54) is 11.0 Å². The molecule has 0 saturated carbocycles. The van der Waals surface area contributed by atoms with Gasteiger partial charge in [0.05, 0.1) is 12.2 Å². The summed E-state index contributed by atoms with van der Waals surface area (Å²) in [5.74, 6) is -2.27. The van der Waals surface area contributed by atoms with Gasteiger partial charge in [-0.3, -0.25) is 4.79 Å². The molecule has 1 amide bonds. The first kappa shape index (κ1) is 13.0. The molecule has 1 aromatic carbocycles. The van der Waals surface area contributed by atoms with Crippen LogP contribution in [0.15, 0.2) is 18.2 Å². The summed E-state index contributed by atoms with van der Waals surface area (Å²) < 4.78 is 32.5. The zero-order valence-corrected chi connectivity index (χ0v) is 10.3. The van der Waals surface area contributed by atoms with E-state index in [0.29, 0.717) is 13.1 Å². The van der Waals surface area contributed by atoms with Crippen LogP contribution in [-0.2, 0) is 4.74 Å². The Labute approximate surface area is 104 Å². The van der Waals surface area contributed by atoms with Gasteiger partial charge in [0.15, 0.2) is 0 Å². The van der Waals surface area contributed by atoms with Crippen LogP contribution in [-0.4, -0.2) is 36.1 Å². The second-order valence-corrected chi connectivity index (χ2v) is 4.56. The van der Waals surface area contributed by atoms with Crippen molar-refractivity contribution in [2.45, 2.75) is 26.1 Å². The van der Waals surface area contributed by atoms with Crippen LogP contribution in [0, 0.1) is 11.6 Å². The Morgan fingerprint density at radius 1 is 1.22 bits per heavy atom. The highest BCUT2D eigenvalue weighted by atomic mass is 19.1. The van der Waals surface area contributed by atoms with Gasteiger partial charge >= 0.3 is 0 Å². The molecule has 1 fully saturated rings. The summed E-state index contributed by atoms with van der Waals surface area (Å²) in [5.41, 5.74) is -0.487. The van der Waals surface area contributed by atoms with E-state index >= 15 is 0 Å².